The van der Waals surface area contributed by atoms with Gasteiger partial charge in [0.05, 0.1) is 0 Å². The van der Waals surface area contributed by atoms with Gasteiger partial charge in [0.2, 0.25) is 0 Å². The molecule has 86 valence electrons. The molecule has 0 fully saturated rings. The third kappa shape index (κ3) is 1.93. The number of hydrogen-bond donors (Lipinski definition) is 1. The summed E-state index contributed by atoms with van der Waals surface area (Å²) in [6.45, 7) is 5.77. The first-order valence-electron chi connectivity index (χ1n) is 5.78. The summed E-state index contributed by atoms with van der Waals surface area (Å²) >= 11 is 0. The highest BCUT2D eigenvalue weighted by atomic mass is 15.1. The van der Waals surface area contributed by atoms with Crippen LogP contribution in [0.2, 0.25) is 0 Å². The Labute approximate surface area is 95.5 Å². The Hall–Kier alpha value is -1.42. The molecule has 16 heavy (non-hydrogen) atoms. The standard InChI is InChI=1S/C12H18N4/c1-3-11-15-10-7-9(2)8-14-12(10)16(11)6-4-5-13/h7-8H,3-6,13H2,1-2H3. The highest BCUT2D eigenvalue weighted by molar-refractivity contribution is 5.72. The first kappa shape index (κ1) is 11.1. The SMILES string of the molecule is CCc1nc2cc(C)cnc2n1CCCN. The fourth-order valence-electron chi connectivity index (χ4n) is 1.91. The van der Waals surface area contributed by atoms with Gasteiger partial charge in [-0.15, -0.1) is 0 Å². The average Bonchev–Trinajstić information content (AvgIpc) is 2.63. The summed E-state index contributed by atoms with van der Waals surface area (Å²) < 4.78 is 2.18. The zero-order valence-electron chi connectivity index (χ0n) is 9.90. The molecule has 2 aromatic heterocycles. The van der Waals surface area contributed by atoms with Crippen molar-refractivity contribution < 1.29 is 0 Å². The number of aryl methyl sites for hydroxylation is 3. The summed E-state index contributed by atoms with van der Waals surface area (Å²) in [4.78, 5) is 9.07. The number of pyridine rings is 1. The van der Waals surface area contributed by atoms with E-state index >= 15 is 0 Å². The molecule has 0 unspecified atom stereocenters. The molecular weight excluding hydrogens is 200 g/mol. The molecule has 0 amide bonds. The highest BCUT2D eigenvalue weighted by Gasteiger charge is 2.09. The van der Waals surface area contributed by atoms with Gasteiger partial charge in [-0.3, -0.25) is 0 Å². The fraction of sp³-hybridized carbons (Fsp3) is 0.500. The summed E-state index contributed by atoms with van der Waals surface area (Å²) in [7, 11) is 0. The summed E-state index contributed by atoms with van der Waals surface area (Å²) in [5.41, 5.74) is 8.68. The Morgan fingerprint density at radius 2 is 2.25 bits per heavy atom. The van der Waals surface area contributed by atoms with Gasteiger partial charge in [-0.1, -0.05) is 6.92 Å². The van der Waals surface area contributed by atoms with Crippen LogP contribution in [0.3, 0.4) is 0 Å². The van der Waals surface area contributed by atoms with Gasteiger partial charge in [-0.25, -0.2) is 9.97 Å². The lowest BCUT2D eigenvalue weighted by molar-refractivity contribution is 0.632. The number of hydrogen-bond acceptors (Lipinski definition) is 3. The zero-order chi connectivity index (χ0) is 11.5. The van der Waals surface area contributed by atoms with Crippen molar-refractivity contribution in [3.05, 3.63) is 23.7 Å². The van der Waals surface area contributed by atoms with Crippen molar-refractivity contribution in [2.45, 2.75) is 33.2 Å². The van der Waals surface area contributed by atoms with Crippen LogP contribution in [-0.2, 0) is 13.0 Å². The van der Waals surface area contributed by atoms with E-state index in [1.54, 1.807) is 0 Å². The molecule has 0 spiro atoms. The van der Waals surface area contributed by atoms with E-state index in [0.29, 0.717) is 6.54 Å². The van der Waals surface area contributed by atoms with Gasteiger partial charge in [0.25, 0.3) is 0 Å². The van der Waals surface area contributed by atoms with Crippen LogP contribution in [0.5, 0.6) is 0 Å². The quantitative estimate of drug-likeness (QED) is 0.849. The van der Waals surface area contributed by atoms with Gasteiger partial charge in [0, 0.05) is 19.2 Å². The average molecular weight is 218 g/mol. The van der Waals surface area contributed by atoms with E-state index in [0.717, 1.165) is 41.9 Å². The van der Waals surface area contributed by atoms with Crippen molar-refractivity contribution >= 4 is 11.2 Å². The van der Waals surface area contributed by atoms with Crippen LogP contribution in [0.25, 0.3) is 11.2 Å². The van der Waals surface area contributed by atoms with E-state index in [4.69, 9.17) is 5.73 Å². The molecule has 0 aliphatic carbocycles. The van der Waals surface area contributed by atoms with E-state index < -0.39 is 0 Å². The molecule has 2 heterocycles. The minimum absolute atomic E-state index is 0.703. The van der Waals surface area contributed by atoms with Gasteiger partial charge >= 0.3 is 0 Å². The predicted molar refractivity (Wildman–Crippen MR) is 65.3 cm³/mol. The number of nitrogens with zero attached hydrogens (tertiary/aromatic N) is 3. The molecule has 0 aromatic carbocycles. The van der Waals surface area contributed by atoms with Crippen LogP contribution in [-0.4, -0.2) is 21.1 Å². The second kappa shape index (κ2) is 4.61. The smallest absolute Gasteiger partial charge is 0.160 e. The molecule has 0 atom stereocenters. The van der Waals surface area contributed by atoms with Gasteiger partial charge in [-0.2, -0.15) is 0 Å². The first-order valence-corrected chi connectivity index (χ1v) is 5.78. The lowest BCUT2D eigenvalue weighted by atomic mass is 10.3. The van der Waals surface area contributed by atoms with E-state index in [1.807, 2.05) is 13.1 Å². The van der Waals surface area contributed by atoms with E-state index in [2.05, 4.69) is 27.5 Å². The maximum Gasteiger partial charge on any atom is 0.160 e. The lowest BCUT2D eigenvalue weighted by Gasteiger charge is -2.05. The van der Waals surface area contributed by atoms with E-state index in [-0.39, 0.29) is 0 Å². The molecule has 0 bridgehead atoms. The third-order valence-corrected chi connectivity index (χ3v) is 2.70. The third-order valence-electron chi connectivity index (χ3n) is 2.70. The normalized spacial score (nSPS) is 11.2. The summed E-state index contributed by atoms with van der Waals surface area (Å²) in [6, 6.07) is 2.08. The molecule has 0 saturated carbocycles. The maximum atomic E-state index is 5.55. The Bertz CT molecular complexity index is 487. The van der Waals surface area contributed by atoms with Crippen LogP contribution in [0, 0.1) is 6.92 Å². The highest BCUT2D eigenvalue weighted by Crippen LogP contribution is 2.16. The molecule has 0 radical (unpaired) electrons. The van der Waals surface area contributed by atoms with Crippen molar-refractivity contribution in [3.8, 4) is 0 Å². The van der Waals surface area contributed by atoms with Crippen molar-refractivity contribution in [3.63, 3.8) is 0 Å². The molecule has 4 heteroatoms. The van der Waals surface area contributed by atoms with Crippen LogP contribution in [0.4, 0.5) is 0 Å². The fourth-order valence-corrected chi connectivity index (χ4v) is 1.91. The van der Waals surface area contributed by atoms with Gasteiger partial charge in [-0.05, 0) is 31.5 Å². The van der Waals surface area contributed by atoms with Crippen LogP contribution >= 0.6 is 0 Å². The number of nitrogens with two attached hydrogens (primary N) is 1. The molecule has 2 N–H and O–H groups in total. The van der Waals surface area contributed by atoms with E-state index in [9.17, 15) is 0 Å². The molecule has 0 aliphatic rings. The van der Waals surface area contributed by atoms with Crippen molar-refractivity contribution in [2.75, 3.05) is 6.54 Å². The van der Waals surface area contributed by atoms with E-state index in [1.165, 1.54) is 0 Å². The van der Waals surface area contributed by atoms with Gasteiger partial charge in [0.1, 0.15) is 11.3 Å². The monoisotopic (exact) mass is 218 g/mol. The molecule has 0 saturated heterocycles. The topological polar surface area (TPSA) is 56.7 Å². The largest absolute Gasteiger partial charge is 0.330 e. The van der Waals surface area contributed by atoms with Gasteiger partial charge < -0.3 is 10.3 Å². The molecular formula is C12H18N4. The Morgan fingerprint density at radius 1 is 1.44 bits per heavy atom. The molecule has 2 aromatic rings. The second-order valence-electron chi connectivity index (χ2n) is 4.03. The summed E-state index contributed by atoms with van der Waals surface area (Å²) in [5.74, 6) is 1.10. The number of rotatable bonds is 4. The molecule has 2 rings (SSSR count). The second-order valence-corrected chi connectivity index (χ2v) is 4.03. The Kier molecular flexibility index (Phi) is 3.19. The van der Waals surface area contributed by atoms with Crippen LogP contribution in [0.15, 0.2) is 12.3 Å². The number of aromatic nitrogens is 3. The predicted octanol–water partition coefficient (Wildman–Crippen LogP) is 1.65. The molecule has 0 aliphatic heterocycles. The van der Waals surface area contributed by atoms with Gasteiger partial charge in [0.15, 0.2) is 5.65 Å². The first-order chi connectivity index (χ1) is 7.76. The number of imidazole rings is 1. The maximum absolute atomic E-state index is 5.55. The van der Waals surface area contributed by atoms with Crippen LogP contribution in [0.1, 0.15) is 24.7 Å². The van der Waals surface area contributed by atoms with Crippen molar-refractivity contribution in [1.82, 2.24) is 14.5 Å². The Morgan fingerprint density at radius 3 is 2.94 bits per heavy atom. The van der Waals surface area contributed by atoms with Crippen LogP contribution < -0.4 is 5.73 Å². The zero-order valence-corrected chi connectivity index (χ0v) is 9.90. The minimum atomic E-state index is 0.703. The Balaban J connectivity index is 2.50. The lowest BCUT2D eigenvalue weighted by Crippen LogP contribution is -2.08. The number of fused-ring (bicyclic) bond motifs is 1. The molecule has 4 nitrogen and oxygen atoms in total. The van der Waals surface area contributed by atoms with Crippen molar-refractivity contribution in [1.29, 1.82) is 0 Å². The summed E-state index contributed by atoms with van der Waals surface area (Å²) in [6.07, 6.45) is 3.79. The minimum Gasteiger partial charge on any atom is -0.330 e. The van der Waals surface area contributed by atoms with Crippen molar-refractivity contribution in [2.24, 2.45) is 5.73 Å². The summed E-state index contributed by atoms with van der Waals surface area (Å²) in [5, 5.41) is 0.